The maximum atomic E-state index is 13.6. The molecule has 0 spiro atoms. The van der Waals surface area contributed by atoms with E-state index in [0.717, 1.165) is 5.39 Å². The van der Waals surface area contributed by atoms with Crippen molar-refractivity contribution in [1.82, 2.24) is 0 Å². The third-order valence-electron chi connectivity index (χ3n) is 3.41. The molecule has 1 atom stereocenters. The standard InChI is InChI=1S/C18H14FNO4/c1-11(18(22)20-15-5-3-2-4-14(15)19)23-13-8-6-12-7-9-17(21)24-16(12)10-13/h2-11H,1H3,(H,20,22)/t11-/m0/s1. The highest BCUT2D eigenvalue weighted by atomic mass is 19.1. The van der Waals surface area contributed by atoms with E-state index in [1.165, 1.54) is 30.3 Å². The topological polar surface area (TPSA) is 68.5 Å². The third-order valence-corrected chi connectivity index (χ3v) is 3.41. The Balaban J connectivity index is 1.74. The summed E-state index contributed by atoms with van der Waals surface area (Å²) in [5.41, 5.74) is -0.0193. The summed E-state index contributed by atoms with van der Waals surface area (Å²) in [7, 11) is 0. The fourth-order valence-electron chi connectivity index (χ4n) is 2.17. The summed E-state index contributed by atoms with van der Waals surface area (Å²) in [4.78, 5) is 23.4. The van der Waals surface area contributed by atoms with Crippen LogP contribution in [0.15, 0.2) is 63.8 Å². The highest BCUT2D eigenvalue weighted by Crippen LogP contribution is 2.21. The Labute approximate surface area is 136 Å². The van der Waals surface area contributed by atoms with E-state index in [2.05, 4.69) is 5.32 Å². The number of carbonyl (C=O) groups excluding carboxylic acids is 1. The molecule has 122 valence electrons. The van der Waals surface area contributed by atoms with Crippen LogP contribution < -0.4 is 15.7 Å². The van der Waals surface area contributed by atoms with Gasteiger partial charge in [0.05, 0.1) is 5.69 Å². The first-order valence-electron chi connectivity index (χ1n) is 7.29. The smallest absolute Gasteiger partial charge is 0.336 e. The molecule has 0 aliphatic carbocycles. The zero-order valence-electron chi connectivity index (χ0n) is 12.8. The van der Waals surface area contributed by atoms with E-state index in [9.17, 15) is 14.0 Å². The first-order valence-corrected chi connectivity index (χ1v) is 7.29. The molecule has 1 N–H and O–H groups in total. The Bertz CT molecular complexity index is 951. The van der Waals surface area contributed by atoms with E-state index in [-0.39, 0.29) is 5.69 Å². The molecule has 0 bridgehead atoms. The fourth-order valence-corrected chi connectivity index (χ4v) is 2.17. The first kappa shape index (κ1) is 15.7. The molecule has 0 radical (unpaired) electrons. The number of carbonyl (C=O) groups is 1. The third kappa shape index (κ3) is 3.43. The number of anilines is 1. The summed E-state index contributed by atoms with van der Waals surface area (Å²) in [6.07, 6.45) is -0.863. The Hall–Kier alpha value is -3.15. The molecule has 1 amide bonds. The molecule has 2 aromatic carbocycles. The normalized spacial score (nSPS) is 11.9. The molecule has 1 heterocycles. The summed E-state index contributed by atoms with van der Waals surface area (Å²) in [5.74, 6) is -0.645. The van der Waals surface area contributed by atoms with Crippen molar-refractivity contribution in [2.24, 2.45) is 0 Å². The van der Waals surface area contributed by atoms with Gasteiger partial charge in [-0.3, -0.25) is 4.79 Å². The number of hydrogen-bond donors (Lipinski definition) is 1. The number of nitrogens with one attached hydrogen (secondary N) is 1. The highest BCUT2D eigenvalue weighted by molar-refractivity contribution is 5.94. The molecule has 0 unspecified atom stereocenters. The van der Waals surface area contributed by atoms with Crippen LogP contribution in [0, 0.1) is 5.82 Å². The lowest BCUT2D eigenvalue weighted by molar-refractivity contribution is -0.122. The number of rotatable bonds is 4. The Morgan fingerprint density at radius 2 is 1.92 bits per heavy atom. The van der Waals surface area contributed by atoms with E-state index >= 15 is 0 Å². The van der Waals surface area contributed by atoms with E-state index in [1.807, 2.05) is 0 Å². The molecular formula is C18H14FNO4. The van der Waals surface area contributed by atoms with Gasteiger partial charge in [0.1, 0.15) is 17.1 Å². The van der Waals surface area contributed by atoms with Gasteiger partial charge in [-0.2, -0.15) is 0 Å². The SMILES string of the molecule is C[C@H](Oc1ccc2ccc(=O)oc2c1)C(=O)Nc1ccccc1F. The average molecular weight is 327 g/mol. The molecule has 0 saturated carbocycles. The molecule has 1 aromatic heterocycles. The second kappa shape index (κ2) is 6.54. The monoisotopic (exact) mass is 327 g/mol. The van der Waals surface area contributed by atoms with Crippen molar-refractivity contribution < 1.29 is 18.3 Å². The van der Waals surface area contributed by atoms with Gasteiger partial charge in [0.25, 0.3) is 5.91 Å². The van der Waals surface area contributed by atoms with Crippen molar-refractivity contribution in [3.05, 3.63) is 70.8 Å². The minimum Gasteiger partial charge on any atom is -0.481 e. The van der Waals surface area contributed by atoms with Crippen molar-refractivity contribution in [3.8, 4) is 5.75 Å². The van der Waals surface area contributed by atoms with Crippen molar-refractivity contribution in [2.45, 2.75) is 13.0 Å². The lowest BCUT2D eigenvalue weighted by Gasteiger charge is -2.15. The van der Waals surface area contributed by atoms with Crippen LogP contribution in [0.4, 0.5) is 10.1 Å². The summed E-state index contributed by atoms with van der Waals surface area (Å²) >= 11 is 0. The molecular weight excluding hydrogens is 313 g/mol. The van der Waals surface area contributed by atoms with Crippen LogP contribution in [0.3, 0.4) is 0 Å². The van der Waals surface area contributed by atoms with Gasteiger partial charge < -0.3 is 14.5 Å². The van der Waals surface area contributed by atoms with Crippen LogP contribution in [0.25, 0.3) is 11.0 Å². The van der Waals surface area contributed by atoms with Crippen LogP contribution in [0.2, 0.25) is 0 Å². The van der Waals surface area contributed by atoms with Gasteiger partial charge in [0, 0.05) is 17.5 Å². The Morgan fingerprint density at radius 1 is 1.17 bits per heavy atom. The average Bonchev–Trinajstić information content (AvgIpc) is 2.56. The number of para-hydroxylation sites is 1. The number of hydrogen-bond acceptors (Lipinski definition) is 4. The quantitative estimate of drug-likeness (QED) is 0.746. The largest absolute Gasteiger partial charge is 0.481 e. The zero-order chi connectivity index (χ0) is 17.1. The minimum atomic E-state index is -0.863. The summed E-state index contributed by atoms with van der Waals surface area (Å²) < 4.78 is 24.2. The van der Waals surface area contributed by atoms with Crippen LogP contribution in [0.5, 0.6) is 5.75 Å². The van der Waals surface area contributed by atoms with Crippen molar-refractivity contribution >= 4 is 22.6 Å². The number of amides is 1. The van der Waals surface area contributed by atoms with E-state index in [1.54, 1.807) is 31.2 Å². The Kier molecular flexibility index (Phi) is 4.29. The summed E-state index contributed by atoms with van der Waals surface area (Å²) in [5, 5.41) is 3.21. The number of ether oxygens (including phenoxy) is 1. The second-order valence-corrected chi connectivity index (χ2v) is 5.18. The number of benzene rings is 2. The molecule has 24 heavy (non-hydrogen) atoms. The second-order valence-electron chi connectivity index (χ2n) is 5.18. The van der Waals surface area contributed by atoms with Crippen molar-refractivity contribution in [2.75, 3.05) is 5.32 Å². The molecule has 6 heteroatoms. The maximum Gasteiger partial charge on any atom is 0.336 e. The lowest BCUT2D eigenvalue weighted by atomic mass is 10.2. The van der Waals surface area contributed by atoms with Gasteiger partial charge in [0.15, 0.2) is 6.10 Å². The van der Waals surface area contributed by atoms with Gasteiger partial charge in [0.2, 0.25) is 0 Å². The molecule has 3 rings (SSSR count). The van der Waals surface area contributed by atoms with Gasteiger partial charge in [-0.25, -0.2) is 9.18 Å². The fraction of sp³-hybridized carbons (Fsp3) is 0.111. The van der Waals surface area contributed by atoms with Gasteiger partial charge in [-0.15, -0.1) is 0 Å². The first-order chi connectivity index (χ1) is 11.5. The molecule has 0 saturated heterocycles. The highest BCUT2D eigenvalue weighted by Gasteiger charge is 2.16. The summed E-state index contributed by atoms with van der Waals surface area (Å²) in [6.45, 7) is 1.54. The number of fused-ring (bicyclic) bond motifs is 1. The zero-order valence-corrected chi connectivity index (χ0v) is 12.8. The summed E-state index contributed by atoms with van der Waals surface area (Å²) in [6, 6.07) is 13.8. The lowest BCUT2D eigenvalue weighted by Crippen LogP contribution is -2.30. The van der Waals surface area contributed by atoms with Gasteiger partial charge in [-0.05, 0) is 37.3 Å². The van der Waals surface area contributed by atoms with E-state index < -0.39 is 23.5 Å². The molecule has 3 aromatic rings. The maximum absolute atomic E-state index is 13.6. The predicted molar refractivity (Wildman–Crippen MR) is 87.6 cm³/mol. The molecule has 0 aliphatic heterocycles. The van der Waals surface area contributed by atoms with Crippen LogP contribution in [-0.4, -0.2) is 12.0 Å². The van der Waals surface area contributed by atoms with Gasteiger partial charge in [-0.1, -0.05) is 12.1 Å². The van der Waals surface area contributed by atoms with E-state index in [0.29, 0.717) is 11.3 Å². The molecule has 0 fully saturated rings. The minimum absolute atomic E-state index is 0.0856. The van der Waals surface area contributed by atoms with Crippen LogP contribution in [-0.2, 0) is 4.79 Å². The van der Waals surface area contributed by atoms with Crippen molar-refractivity contribution in [3.63, 3.8) is 0 Å². The number of halogens is 1. The Morgan fingerprint density at radius 3 is 2.71 bits per heavy atom. The van der Waals surface area contributed by atoms with Crippen LogP contribution in [0.1, 0.15) is 6.92 Å². The predicted octanol–water partition coefficient (Wildman–Crippen LogP) is 3.34. The molecule has 5 nitrogen and oxygen atoms in total. The van der Waals surface area contributed by atoms with E-state index in [4.69, 9.17) is 9.15 Å². The van der Waals surface area contributed by atoms with Gasteiger partial charge >= 0.3 is 5.63 Å². The molecule has 0 aliphatic rings. The van der Waals surface area contributed by atoms with Crippen molar-refractivity contribution in [1.29, 1.82) is 0 Å². The van der Waals surface area contributed by atoms with Crippen LogP contribution >= 0.6 is 0 Å².